The number of hydrogen-bond donors (Lipinski definition) is 1. The summed E-state index contributed by atoms with van der Waals surface area (Å²) in [5.41, 5.74) is 2.91. The minimum atomic E-state index is 0.429. The van der Waals surface area contributed by atoms with Gasteiger partial charge in [-0.1, -0.05) is 40.2 Å². The Kier molecular flexibility index (Phi) is 4.92. The van der Waals surface area contributed by atoms with Crippen LogP contribution in [0.25, 0.3) is 11.4 Å². The van der Waals surface area contributed by atoms with Crippen LogP contribution in [0, 0.1) is 11.7 Å². The van der Waals surface area contributed by atoms with Crippen LogP contribution in [-0.2, 0) is 0 Å². The van der Waals surface area contributed by atoms with E-state index < -0.39 is 0 Å². The minimum absolute atomic E-state index is 0.429. The molecule has 122 valence electrons. The minimum Gasteiger partial charge on any atom is -0.496 e. The average molecular weight is 403 g/mol. The Hall–Kier alpha value is -2.25. The normalized spacial score (nSPS) is 11.1. The van der Waals surface area contributed by atoms with Crippen molar-refractivity contribution in [3.05, 3.63) is 62.8 Å². The molecular formula is C17H15BrN4OS. The molecule has 1 heterocycles. The van der Waals surface area contributed by atoms with E-state index in [1.54, 1.807) is 18.0 Å². The summed E-state index contributed by atoms with van der Waals surface area (Å²) in [6, 6.07) is 13.7. The van der Waals surface area contributed by atoms with Crippen LogP contribution in [-0.4, -0.2) is 28.2 Å². The van der Waals surface area contributed by atoms with Gasteiger partial charge in [0.15, 0.2) is 5.82 Å². The van der Waals surface area contributed by atoms with Crippen LogP contribution in [0.5, 0.6) is 5.75 Å². The number of methoxy groups -OCH3 is 1. The lowest BCUT2D eigenvalue weighted by molar-refractivity contribution is 0.414. The molecule has 1 aromatic heterocycles. The van der Waals surface area contributed by atoms with Gasteiger partial charge in [0, 0.05) is 15.6 Å². The van der Waals surface area contributed by atoms with Crippen molar-refractivity contribution >= 4 is 34.4 Å². The highest BCUT2D eigenvalue weighted by Gasteiger charge is 2.10. The van der Waals surface area contributed by atoms with Gasteiger partial charge in [0.25, 0.3) is 0 Å². The lowest BCUT2D eigenvalue weighted by atomic mass is 10.1. The van der Waals surface area contributed by atoms with Crippen LogP contribution in [0.2, 0.25) is 0 Å². The van der Waals surface area contributed by atoms with E-state index in [0.29, 0.717) is 10.6 Å². The average Bonchev–Trinajstić information content (AvgIpc) is 2.94. The fourth-order valence-electron chi connectivity index (χ4n) is 2.32. The van der Waals surface area contributed by atoms with E-state index in [1.165, 1.54) is 0 Å². The molecule has 24 heavy (non-hydrogen) atoms. The van der Waals surface area contributed by atoms with Crippen molar-refractivity contribution in [2.75, 3.05) is 7.11 Å². The Labute approximate surface area is 153 Å². The first kappa shape index (κ1) is 16.6. The van der Waals surface area contributed by atoms with Crippen LogP contribution in [0.15, 0.2) is 52.0 Å². The molecule has 1 N–H and O–H groups in total. The standard InChI is InChI=1S/C17H15BrN4OS/c1-11-5-3-4-6-14(11)16-20-21-17(24)22(16)19-10-12-9-13(18)7-8-15(12)23-2/h3-10H,1-2H3,(H,21,24)/b19-10+. The monoisotopic (exact) mass is 402 g/mol. The summed E-state index contributed by atoms with van der Waals surface area (Å²) in [6.45, 7) is 2.03. The molecule has 0 unspecified atom stereocenters. The number of hydrogen-bond acceptors (Lipinski definition) is 4. The summed E-state index contributed by atoms with van der Waals surface area (Å²) in [5, 5.41) is 11.6. The third kappa shape index (κ3) is 3.32. The van der Waals surface area contributed by atoms with Crippen molar-refractivity contribution in [2.45, 2.75) is 6.92 Å². The molecule has 2 aromatic carbocycles. The summed E-state index contributed by atoms with van der Waals surface area (Å²) >= 11 is 8.77. The van der Waals surface area contributed by atoms with Crippen molar-refractivity contribution in [1.29, 1.82) is 0 Å². The van der Waals surface area contributed by atoms with Crippen molar-refractivity contribution in [3.63, 3.8) is 0 Å². The summed E-state index contributed by atoms with van der Waals surface area (Å²) in [5.74, 6) is 1.40. The summed E-state index contributed by atoms with van der Waals surface area (Å²) < 4.78 is 8.35. The second-order valence-corrected chi connectivity index (χ2v) is 6.41. The SMILES string of the molecule is COc1ccc(Br)cc1/C=N/n1c(-c2ccccc2C)n[nH]c1=S. The van der Waals surface area contributed by atoms with Gasteiger partial charge in [-0.25, -0.2) is 5.10 Å². The maximum atomic E-state index is 5.36. The highest BCUT2D eigenvalue weighted by atomic mass is 79.9. The van der Waals surface area contributed by atoms with E-state index in [2.05, 4.69) is 31.2 Å². The van der Waals surface area contributed by atoms with Gasteiger partial charge in [0.05, 0.1) is 13.3 Å². The molecule has 0 aliphatic heterocycles. The maximum absolute atomic E-state index is 5.36. The van der Waals surface area contributed by atoms with Crippen LogP contribution in [0.4, 0.5) is 0 Å². The van der Waals surface area contributed by atoms with Crippen LogP contribution >= 0.6 is 28.1 Å². The largest absolute Gasteiger partial charge is 0.496 e. The van der Waals surface area contributed by atoms with Gasteiger partial charge in [-0.2, -0.15) is 14.9 Å². The zero-order chi connectivity index (χ0) is 17.1. The number of rotatable bonds is 4. The number of H-pyrrole nitrogens is 1. The molecule has 0 spiro atoms. The van der Waals surface area contributed by atoms with E-state index in [1.807, 2.05) is 49.4 Å². The third-order valence-electron chi connectivity index (χ3n) is 3.54. The zero-order valence-corrected chi connectivity index (χ0v) is 15.6. The van der Waals surface area contributed by atoms with Crippen molar-refractivity contribution in [1.82, 2.24) is 14.9 Å². The molecule has 3 rings (SSSR count). The highest BCUT2D eigenvalue weighted by Crippen LogP contribution is 2.23. The first-order valence-corrected chi connectivity index (χ1v) is 8.41. The van der Waals surface area contributed by atoms with E-state index in [-0.39, 0.29) is 0 Å². The van der Waals surface area contributed by atoms with Gasteiger partial charge in [-0.05, 0) is 42.9 Å². The van der Waals surface area contributed by atoms with Gasteiger partial charge in [0.2, 0.25) is 4.77 Å². The second-order valence-electron chi connectivity index (χ2n) is 5.11. The Balaban J connectivity index is 2.06. The summed E-state index contributed by atoms with van der Waals surface area (Å²) in [7, 11) is 1.63. The maximum Gasteiger partial charge on any atom is 0.216 e. The molecule has 0 atom stereocenters. The molecule has 0 radical (unpaired) electrons. The fourth-order valence-corrected chi connectivity index (χ4v) is 2.88. The Morgan fingerprint density at radius 1 is 1.29 bits per heavy atom. The predicted molar refractivity (Wildman–Crippen MR) is 101 cm³/mol. The molecule has 0 amide bonds. The number of aromatic amines is 1. The number of halogens is 1. The Bertz CT molecular complexity index is 961. The van der Waals surface area contributed by atoms with Gasteiger partial charge in [-0.15, -0.1) is 0 Å². The molecule has 5 nitrogen and oxygen atoms in total. The number of aryl methyl sites for hydroxylation is 1. The van der Waals surface area contributed by atoms with Crippen molar-refractivity contribution in [2.24, 2.45) is 5.10 Å². The molecule has 0 saturated heterocycles. The lowest BCUT2D eigenvalue weighted by Crippen LogP contribution is -1.97. The van der Waals surface area contributed by atoms with Gasteiger partial charge in [-0.3, -0.25) is 0 Å². The van der Waals surface area contributed by atoms with E-state index >= 15 is 0 Å². The smallest absolute Gasteiger partial charge is 0.216 e. The van der Waals surface area contributed by atoms with E-state index in [0.717, 1.165) is 26.9 Å². The molecule has 0 fully saturated rings. The van der Waals surface area contributed by atoms with Crippen LogP contribution in [0.1, 0.15) is 11.1 Å². The predicted octanol–water partition coefficient (Wildman–Crippen LogP) is 4.57. The number of aromatic nitrogens is 3. The van der Waals surface area contributed by atoms with Gasteiger partial charge >= 0.3 is 0 Å². The van der Waals surface area contributed by atoms with Crippen LogP contribution in [0.3, 0.4) is 0 Å². The van der Waals surface area contributed by atoms with E-state index in [4.69, 9.17) is 17.0 Å². The zero-order valence-electron chi connectivity index (χ0n) is 13.2. The van der Waals surface area contributed by atoms with Gasteiger partial charge in [0.1, 0.15) is 5.75 Å². The summed E-state index contributed by atoms with van der Waals surface area (Å²) in [4.78, 5) is 0. The summed E-state index contributed by atoms with van der Waals surface area (Å²) in [6.07, 6.45) is 1.71. The van der Waals surface area contributed by atoms with E-state index in [9.17, 15) is 0 Å². The molecule has 0 aliphatic rings. The number of nitrogens with one attached hydrogen (secondary N) is 1. The lowest BCUT2D eigenvalue weighted by Gasteiger charge is -2.06. The molecule has 3 aromatic rings. The number of ether oxygens (including phenoxy) is 1. The molecule has 7 heteroatoms. The quantitative estimate of drug-likeness (QED) is 0.513. The van der Waals surface area contributed by atoms with Crippen molar-refractivity contribution in [3.8, 4) is 17.1 Å². The first-order chi connectivity index (χ1) is 11.6. The topological polar surface area (TPSA) is 55.2 Å². The molecule has 0 aliphatic carbocycles. The third-order valence-corrected chi connectivity index (χ3v) is 4.30. The molecule has 0 bridgehead atoms. The second kappa shape index (κ2) is 7.11. The Morgan fingerprint density at radius 2 is 2.08 bits per heavy atom. The fraction of sp³-hybridized carbons (Fsp3) is 0.118. The molecule has 0 saturated carbocycles. The Morgan fingerprint density at radius 3 is 2.83 bits per heavy atom. The van der Waals surface area contributed by atoms with Crippen LogP contribution < -0.4 is 4.74 Å². The molecular weight excluding hydrogens is 388 g/mol. The highest BCUT2D eigenvalue weighted by molar-refractivity contribution is 9.10. The van der Waals surface area contributed by atoms with Gasteiger partial charge < -0.3 is 4.74 Å². The number of nitrogens with zero attached hydrogens (tertiary/aromatic N) is 3. The number of benzene rings is 2. The first-order valence-electron chi connectivity index (χ1n) is 7.21. The van der Waals surface area contributed by atoms with Crippen molar-refractivity contribution < 1.29 is 4.74 Å².